The molecule has 2 rings (SSSR count). The highest BCUT2D eigenvalue weighted by Gasteiger charge is 2.57. The molecule has 1 saturated carbocycles. The van der Waals surface area contributed by atoms with Crippen LogP contribution >= 0.6 is 12.4 Å². The molecule has 10 heavy (non-hydrogen) atoms. The van der Waals surface area contributed by atoms with Gasteiger partial charge in [0, 0.05) is 12.0 Å². The zero-order valence-corrected chi connectivity index (χ0v) is 6.20. The lowest BCUT2D eigenvalue weighted by atomic mass is 10.2. The number of halogens is 3. The molecule has 3 unspecified atom stereocenters. The maximum atomic E-state index is 11.9. The lowest BCUT2D eigenvalue weighted by molar-refractivity contribution is 0.109. The predicted molar refractivity (Wildman–Crippen MR) is 36.6 cm³/mol. The van der Waals surface area contributed by atoms with Crippen molar-refractivity contribution in [1.29, 1.82) is 0 Å². The topological polar surface area (TPSA) is 12.0 Å². The lowest BCUT2D eigenvalue weighted by Gasteiger charge is -2.00. The summed E-state index contributed by atoms with van der Waals surface area (Å²) in [5.74, 6) is 0.00347. The second kappa shape index (κ2) is 2.62. The van der Waals surface area contributed by atoms with E-state index in [9.17, 15) is 8.78 Å². The van der Waals surface area contributed by atoms with E-state index in [0.29, 0.717) is 5.92 Å². The maximum Gasteiger partial charge on any atom is 0.243 e. The molecule has 2 aliphatic rings. The SMILES string of the molecule is Cl.FC(F)C1C2CCNC21. The summed E-state index contributed by atoms with van der Waals surface area (Å²) in [4.78, 5) is 0. The molecule has 0 aromatic heterocycles. The number of piperidine rings is 1. The molecule has 1 saturated heterocycles. The van der Waals surface area contributed by atoms with Crippen LogP contribution in [0.2, 0.25) is 0 Å². The first kappa shape index (κ1) is 8.21. The lowest BCUT2D eigenvalue weighted by Crippen LogP contribution is -2.18. The van der Waals surface area contributed by atoms with Gasteiger partial charge in [-0.1, -0.05) is 0 Å². The predicted octanol–water partition coefficient (Wildman–Crippen LogP) is 1.28. The highest BCUT2D eigenvalue weighted by atomic mass is 35.5. The summed E-state index contributed by atoms with van der Waals surface area (Å²) in [6.45, 7) is 0.943. The molecule has 1 aliphatic heterocycles. The van der Waals surface area contributed by atoms with Crippen molar-refractivity contribution in [3.05, 3.63) is 0 Å². The number of hydrogen-bond acceptors (Lipinski definition) is 1. The number of fused-ring (bicyclic) bond motifs is 1. The van der Waals surface area contributed by atoms with Crippen molar-refractivity contribution in [2.75, 3.05) is 6.54 Å². The molecule has 0 amide bonds. The van der Waals surface area contributed by atoms with Gasteiger partial charge in [-0.2, -0.15) is 0 Å². The summed E-state index contributed by atoms with van der Waals surface area (Å²) in [7, 11) is 0. The van der Waals surface area contributed by atoms with E-state index in [0.717, 1.165) is 13.0 Å². The van der Waals surface area contributed by atoms with Crippen LogP contribution in [0.25, 0.3) is 0 Å². The average molecular weight is 170 g/mol. The molecule has 0 aromatic rings. The van der Waals surface area contributed by atoms with E-state index in [1.165, 1.54) is 0 Å². The molecule has 0 bridgehead atoms. The van der Waals surface area contributed by atoms with Crippen molar-refractivity contribution in [3.8, 4) is 0 Å². The van der Waals surface area contributed by atoms with E-state index in [1.807, 2.05) is 0 Å². The van der Waals surface area contributed by atoms with Crippen LogP contribution in [0.3, 0.4) is 0 Å². The van der Waals surface area contributed by atoms with Crippen LogP contribution in [-0.2, 0) is 0 Å². The first-order chi connectivity index (χ1) is 4.30. The van der Waals surface area contributed by atoms with Crippen LogP contribution in [0.5, 0.6) is 0 Å². The highest BCUT2D eigenvalue weighted by Crippen LogP contribution is 2.48. The van der Waals surface area contributed by atoms with Crippen molar-refractivity contribution in [1.82, 2.24) is 5.32 Å². The summed E-state index contributed by atoms with van der Waals surface area (Å²) in [6.07, 6.45) is -1.13. The van der Waals surface area contributed by atoms with Gasteiger partial charge in [0.1, 0.15) is 0 Å². The second-order valence-electron chi connectivity index (χ2n) is 2.84. The van der Waals surface area contributed by atoms with E-state index in [2.05, 4.69) is 5.32 Å². The van der Waals surface area contributed by atoms with E-state index in [-0.39, 0.29) is 24.4 Å². The minimum Gasteiger partial charge on any atom is -0.313 e. The molecule has 0 aromatic carbocycles. The monoisotopic (exact) mass is 169 g/mol. The van der Waals surface area contributed by atoms with Gasteiger partial charge in [-0.25, -0.2) is 8.78 Å². The summed E-state index contributed by atoms with van der Waals surface area (Å²) in [5, 5.41) is 3.04. The Morgan fingerprint density at radius 1 is 1.40 bits per heavy atom. The second-order valence-corrected chi connectivity index (χ2v) is 2.84. The first-order valence-corrected chi connectivity index (χ1v) is 3.32. The van der Waals surface area contributed by atoms with Gasteiger partial charge in [-0.05, 0) is 18.9 Å². The summed E-state index contributed by atoms with van der Waals surface area (Å²) >= 11 is 0. The van der Waals surface area contributed by atoms with Gasteiger partial charge in [-0.3, -0.25) is 0 Å². The van der Waals surface area contributed by atoms with Crippen molar-refractivity contribution < 1.29 is 8.78 Å². The van der Waals surface area contributed by atoms with E-state index in [4.69, 9.17) is 0 Å². The molecule has 4 heteroatoms. The third kappa shape index (κ3) is 1.01. The van der Waals surface area contributed by atoms with Gasteiger partial charge in [-0.15, -0.1) is 12.4 Å². The average Bonchev–Trinajstić information content (AvgIpc) is 2.30. The summed E-state index contributed by atoms with van der Waals surface area (Å²) in [5.41, 5.74) is 0. The Kier molecular flexibility index (Phi) is 2.15. The van der Waals surface area contributed by atoms with E-state index in [1.54, 1.807) is 0 Å². The smallest absolute Gasteiger partial charge is 0.243 e. The van der Waals surface area contributed by atoms with Crippen molar-refractivity contribution >= 4 is 12.4 Å². The van der Waals surface area contributed by atoms with Crippen LogP contribution in [0.4, 0.5) is 8.78 Å². The van der Waals surface area contributed by atoms with Gasteiger partial charge in [0.2, 0.25) is 6.43 Å². The van der Waals surface area contributed by atoms with Crippen LogP contribution in [0, 0.1) is 11.8 Å². The van der Waals surface area contributed by atoms with Crippen molar-refractivity contribution in [3.63, 3.8) is 0 Å². The molecule has 0 radical (unpaired) electrons. The number of rotatable bonds is 1. The standard InChI is InChI=1S/C6H9F2N.ClH/c7-6(8)4-3-1-2-9-5(3)4;/h3-6,9H,1-2H2;1H. The molecule has 1 nitrogen and oxygen atoms in total. The van der Waals surface area contributed by atoms with Gasteiger partial charge >= 0.3 is 0 Å². The Balaban J connectivity index is 0.000000500. The van der Waals surface area contributed by atoms with Crippen molar-refractivity contribution in [2.45, 2.75) is 18.9 Å². The third-order valence-electron chi connectivity index (χ3n) is 2.38. The fourth-order valence-electron chi connectivity index (χ4n) is 1.82. The molecular weight excluding hydrogens is 160 g/mol. The Morgan fingerprint density at radius 2 is 2.10 bits per heavy atom. The van der Waals surface area contributed by atoms with E-state index < -0.39 is 6.43 Å². The van der Waals surface area contributed by atoms with E-state index >= 15 is 0 Å². The maximum absolute atomic E-state index is 11.9. The van der Waals surface area contributed by atoms with Gasteiger partial charge in [0.25, 0.3) is 0 Å². The molecule has 3 atom stereocenters. The highest BCUT2D eigenvalue weighted by molar-refractivity contribution is 5.85. The molecule has 0 spiro atoms. The zero-order chi connectivity index (χ0) is 6.43. The van der Waals surface area contributed by atoms with Crippen LogP contribution < -0.4 is 5.32 Å². The fraction of sp³-hybridized carbons (Fsp3) is 1.00. The summed E-state index contributed by atoms with van der Waals surface area (Å²) in [6, 6.07) is 0.171. The number of nitrogens with one attached hydrogen (secondary N) is 1. The van der Waals surface area contributed by atoms with Gasteiger partial charge < -0.3 is 5.32 Å². The Morgan fingerprint density at radius 3 is 2.40 bits per heavy atom. The largest absolute Gasteiger partial charge is 0.313 e. The molecular formula is C6H10ClF2N. The Labute approximate surface area is 64.6 Å². The normalized spacial score (nSPS) is 42.9. The third-order valence-corrected chi connectivity index (χ3v) is 2.38. The number of alkyl halides is 2. The number of hydrogen-bond donors (Lipinski definition) is 1. The van der Waals surface area contributed by atoms with Gasteiger partial charge in [0.15, 0.2) is 0 Å². The first-order valence-electron chi connectivity index (χ1n) is 3.32. The van der Waals surface area contributed by atoms with Crippen LogP contribution in [0.1, 0.15) is 6.42 Å². The fourth-order valence-corrected chi connectivity index (χ4v) is 1.82. The molecule has 1 N–H and O–H groups in total. The Bertz CT molecular complexity index is 121. The minimum atomic E-state index is -2.09. The van der Waals surface area contributed by atoms with Gasteiger partial charge in [0.05, 0.1) is 0 Å². The van der Waals surface area contributed by atoms with Crippen molar-refractivity contribution in [2.24, 2.45) is 11.8 Å². The quantitative estimate of drug-likeness (QED) is 0.624. The Hall–Kier alpha value is 0.110. The zero-order valence-electron chi connectivity index (χ0n) is 5.39. The minimum absolute atomic E-state index is 0. The molecule has 1 heterocycles. The van der Waals surface area contributed by atoms with Crippen LogP contribution in [-0.4, -0.2) is 19.0 Å². The molecule has 60 valence electrons. The molecule has 1 aliphatic carbocycles. The van der Waals surface area contributed by atoms with Crippen LogP contribution in [0.15, 0.2) is 0 Å². The summed E-state index contributed by atoms with van der Waals surface area (Å²) < 4.78 is 23.8. The molecule has 2 fully saturated rings.